The summed E-state index contributed by atoms with van der Waals surface area (Å²) in [6.45, 7) is 0. The van der Waals surface area contributed by atoms with E-state index in [0.29, 0.717) is 0 Å². The quantitative estimate of drug-likeness (QED) is 0.522. The predicted molar refractivity (Wildman–Crippen MR) is 100 cm³/mol. The summed E-state index contributed by atoms with van der Waals surface area (Å²) in [4.78, 5) is 23.2. The number of carbonyl (C=O) groups is 1. The van der Waals surface area contributed by atoms with Crippen molar-refractivity contribution in [1.82, 2.24) is 5.32 Å². The van der Waals surface area contributed by atoms with Gasteiger partial charge in [0.2, 0.25) is 0 Å². The van der Waals surface area contributed by atoms with Crippen molar-refractivity contribution in [3.05, 3.63) is 111 Å². The highest BCUT2D eigenvalue weighted by Crippen LogP contribution is 2.25. The van der Waals surface area contributed by atoms with Crippen LogP contribution < -0.4 is 5.32 Å². The molecule has 0 aromatic heterocycles. The molecule has 0 saturated carbocycles. The predicted octanol–water partition coefficient (Wildman–Crippen LogP) is 4.77. The number of rotatable bonds is 5. The van der Waals surface area contributed by atoms with E-state index in [1.807, 2.05) is 60.7 Å². The monoisotopic (exact) mass is 366 g/mol. The third kappa shape index (κ3) is 3.90. The molecule has 0 radical (unpaired) electrons. The Morgan fingerprint density at radius 1 is 0.923 bits per heavy atom. The van der Waals surface area contributed by atoms with Crippen molar-refractivity contribution < 1.29 is 9.72 Å². The number of benzene rings is 3. The molecule has 0 bridgehead atoms. The molecule has 0 atom stereocenters. The number of nitro benzene ring substituents is 1. The minimum atomic E-state index is -0.557. The Hall–Kier alpha value is -3.18. The van der Waals surface area contributed by atoms with Crippen molar-refractivity contribution in [2.24, 2.45) is 0 Å². The molecule has 3 aromatic rings. The van der Waals surface area contributed by atoms with Crippen LogP contribution in [-0.4, -0.2) is 10.8 Å². The molecular weight excluding hydrogens is 352 g/mol. The normalized spacial score (nSPS) is 10.5. The van der Waals surface area contributed by atoms with Gasteiger partial charge in [-0.25, -0.2) is 0 Å². The van der Waals surface area contributed by atoms with Gasteiger partial charge >= 0.3 is 0 Å². The summed E-state index contributed by atoms with van der Waals surface area (Å²) in [7, 11) is 0. The lowest BCUT2D eigenvalue weighted by Gasteiger charge is -2.20. The van der Waals surface area contributed by atoms with Gasteiger partial charge in [-0.15, -0.1) is 0 Å². The van der Waals surface area contributed by atoms with E-state index in [2.05, 4.69) is 5.32 Å². The zero-order valence-corrected chi connectivity index (χ0v) is 14.4. The van der Waals surface area contributed by atoms with Gasteiger partial charge in [-0.05, 0) is 17.2 Å². The van der Waals surface area contributed by atoms with Gasteiger partial charge in [-0.1, -0.05) is 72.3 Å². The van der Waals surface area contributed by atoms with Crippen LogP contribution in [0, 0.1) is 10.1 Å². The third-order valence-electron chi connectivity index (χ3n) is 3.95. The van der Waals surface area contributed by atoms with Gasteiger partial charge in [0, 0.05) is 12.1 Å². The maximum Gasteiger partial charge on any atom is 0.270 e. The number of carbonyl (C=O) groups excluding carboxylic acids is 1. The average molecular weight is 367 g/mol. The molecule has 0 saturated heterocycles. The Morgan fingerprint density at radius 3 is 1.96 bits per heavy atom. The molecule has 0 aliphatic carbocycles. The van der Waals surface area contributed by atoms with E-state index < -0.39 is 16.9 Å². The highest BCUT2D eigenvalue weighted by molar-refractivity contribution is 6.34. The molecule has 26 heavy (non-hydrogen) atoms. The zero-order chi connectivity index (χ0) is 18.5. The number of nitrogens with zero attached hydrogens (tertiary/aromatic N) is 1. The molecule has 1 amide bonds. The first-order chi connectivity index (χ1) is 12.6. The molecular formula is C20H15ClN2O3. The molecule has 0 aliphatic heterocycles. The van der Waals surface area contributed by atoms with E-state index in [4.69, 9.17) is 11.6 Å². The van der Waals surface area contributed by atoms with Crippen LogP contribution in [-0.2, 0) is 0 Å². The number of halogens is 1. The Balaban J connectivity index is 1.96. The minimum absolute atomic E-state index is 0.0673. The van der Waals surface area contributed by atoms with E-state index in [-0.39, 0.29) is 16.3 Å². The van der Waals surface area contributed by atoms with Crippen LogP contribution in [0.2, 0.25) is 5.02 Å². The summed E-state index contributed by atoms with van der Waals surface area (Å²) < 4.78 is 0. The summed E-state index contributed by atoms with van der Waals surface area (Å²) in [5.74, 6) is -0.476. The average Bonchev–Trinajstić information content (AvgIpc) is 2.67. The van der Waals surface area contributed by atoms with Crippen molar-refractivity contribution in [3.8, 4) is 0 Å². The molecule has 1 N–H and O–H groups in total. The first kappa shape index (κ1) is 17.6. The van der Waals surface area contributed by atoms with Crippen molar-refractivity contribution in [1.29, 1.82) is 0 Å². The molecule has 0 aliphatic rings. The van der Waals surface area contributed by atoms with Crippen molar-refractivity contribution >= 4 is 23.2 Å². The Morgan fingerprint density at radius 2 is 1.46 bits per heavy atom. The van der Waals surface area contributed by atoms with Gasteiger partial charge in [0.25, 0.3) is 11.6 Å². The molecule has 0 unspecified atom stereocenters. The van der Waals surface area contributed by atoms with Gasteiger partial charge in [-0.3, -0.25) is 14.9 Å². The lowest BCUT2D eigenvalue weighted by Crippen LogP contribution is -2.29. The molecule has 130 valence electrons. The van der Waals surface area contributed by atoms with Crippen molar-refractivity contribution in [2.45, 2.75) is 6.04 Å². The second-order valence-corrected chi connectivity index (χ2v) is 6.06. The van der Waals surface area contributed by atoms with Crippen LogP contribution in [0.25, 0.3) is 0 Å². The largest absolute Gasteiger partial charge is 0.341 e. The number of amides is 1. The lowest BCUT2D eigenvalue weighted by molar-refractivity contribution is -0.384. The van der Waals surface area contributed by atoms with Crippen LogP contribution in [0.3, 0.4) is 0 Å². The number of nitro groups is 1. The summed E-state index contributed by atoms with van der Waals surface area (Å²) in [5.41, 5.74) is 1.68. The molecule has 0 heterocycles. The fraction of sp³-hybridized carbons (Fsp3) is 0.0500. The molecule has 3 rings (SSSR count). The summed E-state index contributed by atoms with van der Waals surface area (Å²) in [5, 5.41) is 14.1. The van der Waals surface area contributed by atoms with E-state index in [1.54, 1.807) is 0 Å². The van der Waals surface area contributed by atoms with Crippen LogP contribution in [0.1, 0.15) is 27.5 Å². The van der Waals surface area contributed by atoms with Gasteiger partial charge in [0.15, 0.2) is 0 Å². The molecule has 3 aromatic carbocycles. The minimum Gasteiger partial charge on any atom is -0.341 e. The Bertz CT molecular complexity index is 891. The van der Waals surface area contributed by atoms with Crippen molar-refractivity contribution in [2.75, 3.05) is 0 Å². The summed E-state index contributed by atoms with van der Waals surface area (Å²) >= 11 is 6.09. The number of nitrogens with one attached hydrogen (secondary N) is 1. The molecule has 6 heteroatoms. The number of hydrogen-bond acceptors (Lipinski definition) is 3. The number of hydrogen-bond donors (Lipinski definition) is 1. The van der Waals surface area contributed by atoms with Crippen LogP contribution >= 0.6 is 11.6 Å². The van der Waals surface area contributed by atoms with E-state index >= 15 is 0 Å². The van der Waals surface area contributed by atoms with Gasteiger partial charge in [0.1, 0.15) is 0 Å². The van der Waals surface area contributed by atoms with Gasteiger partial charge in [-0.2, -0.15) is 0 Å². The standard InChI is InChI=1S/C20H15ClN2O3/c21-18-12-11-16(23(25)26)13-17(18)20(24)22-19(14-7-3-1-4-8-14)15-9-5-2-6-10-15/h1-13,19H,(H,22,24). The molecule has 0 fully saturated rings. The Kier molecular flexibility index (Phi) is 5.29. The number of non-ortho nitro benzene ring substituents is 1. The van der Waals surface area contributed by atoms with Crippen LogP contribution in [0.5, 0.6) is 0 Å². The lowest BCUT2D eigenvalue weighted by atomic mass is 9.98. The maximum atomic E-state index is 12.8. The molecule has 5 nitrogen and oxygen atoms in total. The zero-order valence-electron chi connectivity index (χ0n) is 13.6. The van der Waals surface area contributed by atoms with E-state index in [1.165, 1.54) is 18.2 Å². The van der Waals surface area contributed by atoms with Gasteiger partial charge < -0.3 is 5.32 Å². The third-order valence-corrected chi connectivity index (χ3v) is 4.28. The smallest absolute Gasteiger partial charge is 0.270 e. The fourth-order valence-corrected chi connectivity index (χ4v) is 2.86. The first-order valence-electron chi connectivity index (χ1n) is 7.91. The van der Waals surface area contributed by atoms with Crippen LogP contribution in [0.15, 0.2) is 78.9 Å². The summed E-state index contributed by atoms with van der Waals surface area (Å²) in [6, 6.07) is 22.4. The first-order valence-corrected chi connectivity index (χ1v) is 8.29. The Labute approximate surface area is 155 Å². The highest BCUT2D eigenvalue weighted by Gasteiger charge is 2.21. The van der Waals surface area contributed by atoms with E-state index in [9.17, 15) is 14.9 Å². The topological polar surface area (TPSA) is 72.2 Å². The second-order valence-electron chi connectivity index (χ2n) is 5.65. The fourth-order valence-electron chi connectivity index (χ4n) is 2.66. The summed E-state index contributed by atoms with van der Waals surface area (Å²) in [6.07, 6.45) is 0. The maximum absolute atomic E-state index is 12.8. The van der Waals surface area contributed by atoms with Crippen LogP contribution in [0.4, 0.5) is 5.69 Å². The van der Waals surface area contributed by atoms with Crippen molar-refractivity contribution in [3.63, 3.8) is 0 Å². The SMILES string of the molecule is O=C(NC(c1ccccc1)c1ccccc1)c1cc([N+](=O)[O-])ccc1Cl. The second kappa shape index (κ2) is 7.80. The molecule has 0 spiro atoms. The van der Waals surface area contributed by atoms with E-state index in [0.717, 1.165) is 11.1 Å². The van der Waals surface area contributed by atoms with Gasteiger partial charge in [0.05, 0.1) is 21.6 Å². The highest BCUT2D eigenvalue weighted by atomic mass is 35.5.